The number of ether oxygens (including phenoxy) is 1. The smallest absolute Gasteiger partial charge is 0.225 e. The lowest BCUT2D eigenvalue weighted by Crippen LogP contribution is -2.00. The first-order chi connectivity index (χ1) is 7.81. The molecule has 0 amide bonds. The molecule has 0 bridgehead atoms. The summed E-state index contributed by atoms with van der Waals surface area (Å²) in [7, 11) is 0. The third-order valence-electron chi connectivity index (χ3n) is 2.34. The van der Waals surface area contributed by atoms with Crippen LogP contribution >= 0.6 is 12.2 Å². The van der Waals surface area contributed by atoms with Crippen molar-refractivity contribution >= 4 is 23.1 Å². The van der Waals surface area contributed by atoms with Gasteiger partial charge in [-0.2, -0.15) is 4.98 Å². The van der Waals surface area contributed by atoms with Crippen molar-refractivity contribution in [3.8, 4) is 5.88 Å². The number of H-pyrrole nitrogens is 1. The molecule has 0 spiro atoms. The SMILES string of the molecule is CCCCOc1nc(=S)[nH]c2ccccc12. The van der Waals surface area contributed by atoms with Crippen LogP contribution in [-0.4, -0.2) is 16.6 Å². The highest BCUT2D eigenvalue weighted by molar-refractivity contribution is 7.71. The number of nitrogens with zero attached hydrogens (tertiary/aromatic N) is 1. The van der Waals surface area contributed by atoms with E-state index in [9.17, 15) is 0 Å². The van der Waals surface area contributed by atoms with E-state index in [0.717, 1.165) is 23.7 Å². The van der Waals surface area contributed by atoms with E-state index in [1.807, 2.05) is 24.3 Å². The van der Waals surface area contributed by atoms with Gasteiger partial charge in [0.25, 0.3) is 0 Å². The van der Waals surface area contributed by atoms with Crippen molar-refractivity contribution < 1.29 is 4.74 Å². The van der Waals surface area contributed by atoms with Crippen LogP contribution in [0, 0.1) is 4.77 Å². The minimum Gasteiger partial charge on any atom is -0.477 e. The molecule has 0 saturated carbocycles. The van der Waals surface area contributed by atoms with Gasteiger partial charge in [0.05, 0.1) is 17.5 Å². The number of aromatic amines is 1. The first kappa shape index (κ1) is 11.1. The third kappa shape index (κ3) is 2.39. The molecule has 0 aliphatic heterocycles. The maximum Gasteiger partial charge on any atom is 0.225 e. The fourth-order valence-electron chi connectivity index (χ4n) is 1.50. The molecule has 1 N–H and O–H groups in total. The second kappa shape index (κ2) is 5.07. The van der Waals surface area contributed by atoms with Gasteiger partial charge in [-0.1, -0.05) is 25.5 Å². The van der Waals surface area contributed by atoms with Crippen LogP contribution in [0.3, 0.4) is 0 Å². The quantitative estimate of drug-likeness (QED) is 0.650. The van der Waals surface area contributed by atoms with E-state index in [2.05, 4.69) is 16.9 Å². The molecule has 4 heteroatoms. The molecule has 3 nitrogen and oxygen atoms in total. The number of para-hydroxylation sites is 1. The summed E-state index contributed by atoms with van der Waals surface area (Å²) in [5.41, 5.74) is 0.967. The van der Waals surface area contributed by atoms with Crippen LogP contribution in [0.5, 0.6) is 5.88 Å². The van der Waals surface area contributed by atoms with Crippen LogP contribution in [0.15, 0.2) is 24.3 Å². The normalized spacial score (nSPS) is 10.6. The summed E-state index contributed by atoms with van der Waals surface area (Å²) in [6.07, 6.45) is 2.14. The summed E-state index contributed by atoms with van der Waals surface area (Å²) in [5.74, 6) is 0.632. The Kier molecular flexibility index (Phi) is 3.51. The number of benzene rings is 1. The first-order valence-corrected chi connectivity index (χ1v) is 5.84. The standard InChI is InChI=1S/C12H14N2OS/c1-2-3-8-15-11-9-6-4-5-7-10(9)13-12(16)14-11/h4-7H,2-3,8H2,1H3,(H,13,14,16). The highest BCUT2D eigenvalue weighted by Crippen LogP contribution is 2.21. The Morgan fingerprint density at radius 1 is 1.38 bits per heavy atom. The molecule has 2 rings (SSSR count). The zero-order valence-corrected chi connectivity index (χ0v) is 10.0. The Morgan fingerprint density at radius 2 is 2.19 bits per heavy atom. The van der Waals surface area contributed by atoms with Gasteiger partial charge >= 0.3 is 0 Å². The van der Waals surface area contributed by atoms with Crippen LogP contribution in [0.1, 0.15) is 19.8 Å². The average Bonchev–Trinajstić information content (AvgIpc) is 2.29. The van der Waals surface area contributed by atoms with E-state index in [-0.39, 0.29) is 0 Å². The molecular weight excluding hydrogens is 220 g/mol. The summed E-state index contributed by atoms with van der Waals surface area (Å²) >= 11 is 5.06. The summed E-state index contributed by atoms with van der Waals surface area (Å²) in [6, 6.07) is 7.88. The van der Waals surface area contributed by atoms with Crippen LogP contribution in [0.4, 0.5) is 0 Å². The summed E-state index contributed by atoms with van der Waals surface area (Å²) in [6.45, 7) is 2.82. The number of hydrogen-bond acceptors (Lipinski definition) is 3. The van der Waals surface area contributed by atoms with Crippen molar-refractivity contribution in [2.24, 2.45) is 0 Å². The lowest BCUT2D eigenvalue weighted by atomic mass is 10.2. The van der Waals surface area contributed by atoms with E-state index in [1.165, 1.54) is 0 Å². The zero-order chi connectivity index (χ0) is 11.4. The Hall–Kier alpha value is -1.42. The molecule has 16 heavy (non-hydrogen) atoms. The van der Waals surface area contributed by atoms with Crippen molar-refractivity contribution in [3.63, 3.8) is 0 Å². The topological polar surface area (TPSA) is 37.9 Å². The molecule has 1 aromatic heterocycles. The lowest BCUT2D eigenvalue weighted by Gasteiger charge is -2.07. The summed E-state index contributed by atoms with van der Waals surface area (Å²) in [4.78, 5) is 7.25. The van der Waals surface area contributed by atoms with Crippen molar-refractivity contribution in [2.45, 2.75) is 19.8 Å². The Balaban J connectivity index is 2.38. The first-order valence-electron chi connectivity index (χ1n) is 5.43. The van der Waals surface area contributed by atoms with Crippen LogP contribution in [0.25, 0.3) is 10.9 Å². The van der Waals surface area contributed by atoms with Gasteiger partial charge in [-0.05, 0) is 30.8 Å². The number of hydrogen-bond donors (Lipinski definition) is 1. The van der Waals surface area contributed by atoms with Gasteiger partial charge in [0.2, 0.25) is 10.7 Å². The number of rotatable bonds is 4. The summed E-state index contributed by atoms with van der Waals surface area (Å²) in [5, 5.41) is 0.979. The van der Waals surface area contributed by atoms with Crippen molar-refractivity contribution in [1.82, 2.24) is 9.97 Å². The van der Waals surface area contributed by atoms with E-state index in [4.69, 9.17) is 17.0 Å². The molecule has 0 fully saturated rings. The number of fused-ring (bicyclic) bond motifs is 1. The predicted octanol–water partition coefficient (Wildman–Crippen LogP) is 3.47. The summed E-state index contributed by atoms with van der Waals surface area (Å²) < 4.78 is 6.11. The Bertz CT molecular complexity index is 536. The van der Waals surface area contributed by atoms with Gasteiger partial charge in [-0.25, -0.2) is 0 Å². The predicted molar refractivity (Wildman–Crippen MR) is 67.3 cm³/mol. The molecular formula is C12H14N2OS. The fraction of sp³-hybridized carbons (Fsp3) is 0.333. The number of aromatic nitrogens is 2. The van der Waals surface area contributed by atoms with Gasteiger partial charge in [0, 0.05) is 0 Å². The maximum atomic E-state index is 5.64. The molecule has 0 atom stereocenters. The monoisotopic (exact) mass is 234 g/mol. The molecule has 0 aliphatic carbocycles. The molecule has 84 valence electrons. The van der Waals surface area contributed by atoms with Crippen LogP contribution in [0.2, 0.25) is 0 Å². The van der Waals surface area contributed by atoms with E-state index < -0.39 is 0 Å². The molecule has 1 aromatic carbocycles. The van der Waals surface area contributed by atoms with Crippen molar-refractivity contribution in [2.75, 3.05) is 6.61 Å². The zero-order valence-electron chi connectivity index (χ0n) is 9.19. The van der Waals surface area contributed by atoms with Gasteiger partial charge in [0.15, 0.2) is 0 Å². The van der Waals surface area contributed by atoms with Crippen LogP contribution < -0.4 is 4.74 Å². The van der Waals surface area contributed by atoms with Crippen LogP contribution in [-0.2, 0) is 0 Å². The number of unbranched alkanes of at least 4 members (excludes halogenated alkanes) is 1. The largest absolute Gasteiger partial charge is 0.477 e. The molecule has 1 heterocycles. The van der Waals surface area contributed by atoms with Gasteiger partial charge in [-0.15, -0.1) is 0 Å². The lowest BCUT2D eigenvalue weighted by molar-refractivity contribution is 0.301. The Morgan fingerprint density at radius 3 is 3.00 bits per heavy atom. The number of nitrogens with one attached hydrogen (secondary N) is 1. The van der Waals surface area contributed by atoms with E-state index >= 15 is 0 Å². The molecule has 0 aliphatic rings. The maximum absolute atomic E-state index is 5.64. The van der Waals surface area contributed by atoms with Gasteiger partial charge in [-0.3, -0.25) is 0 Å². The van der Waals surface area contributed by atoms with E-state index in [0.29, 0.717) is 17.3 Å². The average molecular weight is 234 g/mol. The highest BCUT2D eigenvalue weighted by Gasteiger charge is 2.03. The minimum atomic E-state index is 0.463. The Labute approximate surface area is 99.5 Å². The van der Waals surface area contributed by atoms with Gasteiger partial charge in [0.1, 0.15) is 0 Å². The molecule has 2 aromatic rings. The fourth-order valence-corrected chi connectivity index (χ4v) is 1.69. The molecule has 0 radical (unpaired) electrons. The van der Waals surface area contributed by atoms with Crippen molar-refractivity contribution in [3.05, 3.63) is 29.0 Å². The van der Waals surface area contributed by atoms with Crippen molar-refractivity contribution in [1.29, 1.82) is 0 Å². The molecule has 0 saturated heterocycles. The second-order valence-corrected chi connectivity index (χ2v) is 3.98. The molecule has 0 unspecified atom stereocenters. The van der Waals surface area contributed by atoms with Gasteiger partial charge < -0.3 is 9.72 Å². The second-order valence-electron chi connectivity index (χ2n) is 3.59. The minimum absolute atomic E-state index is 0.463. The van der Waals surface area contributed by atoms with E-state index in [1.54, 1.807) is 0 Å². The third-order valence-corrected chi connectivity index (χ3v) is 2.53. The highest BCUT2D eigenvalue weighted by atomic mass is 32.1.